The number of rotatable bonds is 3. The number of aromatic nitrogens is 1. The number of aromatic amines is 1. The number of ether oxygens (including phenoxy) is 1. The van der Waals surface area contributed by atoms with Gasteiger partial charge in [-0.2, -0.15) is 0 Å². The Kier molecular flexibility index (Phi) is 4.53. The second-order valence-corrected chi connectivity index (χ2v) is 8.50. The summed E-state index contributed by atoms with van der Waals surface area (Å²) in [5, 5.41) is 1.07. The van der Waals surface area contributed by atoms with Gasteiger partial charge < -0.3 is 10.5 Å². The lowest BCUT2D eigenvalue weighted by atomic mass is 9.89. The molecule has 1 aromatic carbocycles. The number of nitrogens with zero attached hydrogens (tertiary/aromatic N) is 1. The molecule has 0 unspecified atom stereocenters. The molecular formula is C22H24N3O2S+. The molecule has 2 aliphatic rings. The van der Waals surface area contributed by atoms with Crippen LogP contribution in [-0.2, 0) is 17.6 Å². The number of nitrogens with two attached hydrogens (primary N) is 1. The van der Waals surface area contributed by atoms with Crippen molar-refractivity contribution in [3.8, 4) is 0 Å². The molecule has 5 nitrogen and oxygen atoms in total. The third-order valence-corrected chi connectivity index (χ3v) is 6.92. The number of H-pyrrole nitrogens is 1. The number of fused-ring (bicyclic) bond motifs is 3. The lowest BCUT2D eigenvalue weighted by Gasteiger charge is -2.26. The van der Waals surface area contributed by atoms with Crippen molar-refractivity contribution in [1.82, 2.24) is 0 Å². The molecule has 3 aromatic rings. The van der Waals surface area contributed by atoms with Crippen LogP contribution in [0.15, 0.2) is 30.3 Å². The molecule has 0 atom stereocenters. The van der Waals surface area contributed by atoms with Gasteiger partial charge in [0.1, 0.15) is 18.0 Å². The van der Waals surface area contributed by atoms with Crippen LogP contribution in [0.1, 0.15) is 39.2 Å². The fraction of sp³-hybridized carbons (Fsp3) is 0.364. The number of anilines is 2. The van der Waals surface area contributed by atoms with Gasteiger partial charge >= 0.3 is 0 Å². The molecule has 28 heavy (non-hydrogen) atoms. The Bertz CT molecular complexity index is 1040. The van der Waals surface area contributed by atoms with E-state index in [2.05, 4.69) is 9.88 Å². The molecule has 0 bridgehead atoms. The summed E-state index contributed by atoms with van der Waals surface area (Å²) >= 11 is 1.49. The first-order chi connectivity index (χ1) is 13.7. The third kappa shape index (κ3) is 2.88. The smallest absolute Gasteiger partial charge is 0.279 e. The highest BCUT2D eigenvalue weighted by Gasteiger charge is 2.31. The fourth-order valence-corrected chi connectivity index (χ4v) is 5.51. The van der Waals surface area contributed by atoms with Crippen molar-refractivity contribution in [2.24, 2.45) is 0 Å². The first-order valence-corrected chi connectivity index (χ1v) is 10.8. The Morgan fingerprint density at radius 2 is 1.79 bits per heavy atom. The minimum Gasteiger partial charge on any atom is -0.397 e. The Hall–Kier alpha value is -2.44. The molecule has 0 spiro atoms. The molecule has 5 rings (SSSR count). The zero-order valence-corrected chi connectivity index (χ0v) is 16.6. The van der Waals surface area contributed by atoms with Gasteiger partial charge in [-0.25, -0.2) is 4.98 Å². The third-order valence-electron chi connectivity index (χ3n) is 5.80. The van der Waals surface area contributed by atoms with Crippen LogP contribution in [0.25, 0.3) is 10.2 Å². The van der Waals surface area contributed by atoms with Crippen LogP contribution in [-0.4, -0.2) is 32.1 Å². The molecule has 2 aromatic heterocycles. The Labute approximate surface area is 168 Å². The van der Waals surface area contributed by atoms with E-state index in [1.165, 1.54) is 41.1 Å². The highest BCUT2D eigenvalue weighted by Crippen LogP contribution is 2.40. The van der Waals surface area contributed by atoms with E-state index in [1.54, 1.807) is 0 Å². The van der Waals surface area contributed by atoms with Crippen molar-refractivity contribution >= 4 is 38.8 Å². The predicted octanol–water partition coefficient (Wildman–Crippen LogP) is 3.24. The number of pyridine rings is 1. The van der Waals surface area contributed by atoms with Crippen LogP contribution in [0.2, 0.25) is 0 Å². The molecule has 3 heterocycles. The van der Waals surface area contributed by atoms with E-state index in [0.717, 1.165) is 49.4 Å². The molecule has 1 saturated heterocycles. The van der Waals surface area contributed by atoms with Gasteiger partial charge in [0.25, 0.3) is 5.82 Å². The maximum atomic E-state index is 13.1. The lowest BCUT2D eigenvalue weighted by molar-refractivity contribution is -0.328. The van der Waals surface area contributed by atoms with Gasteiger partial charge in [0.05, 0.1) is 24.3 Å². The number of nitrogens with one attached hydrogen (secondary N) is 1. The Balaban J connectivity index is 1.68. The maximum absolute atomic E-state index is 13.1. The van der Waals surface area contributed by atoms with Gasteiger partial charge in [0.2, 0.25) is 5.78 Å². The number of carbonyl (C=O) groups excluding carboxylic acids is 1. The molecule has 0 amide bonds. The normalized spacial score (nSPS) is 16.9. The average Bonchev–Trinajstić information content (AvgIpc) is 3.10. The number of morpholine rings is 1. The molecule has 0 saturated carbocycles. The Morgan fingerprint density at radius 3 is 2.54 bits per heavy atom. The van der Waals surface area contributed by atoms with Crippen molar-refractivity contribution in [3.05, 3.63) is 51.9 Å². The number of benzene rings is 1. The Morgan fingerprint density at radius 1 is 1.07 bits per heavy atom. The van der Waals surface area contributed by atoms with E-state index in [4.69, 9.17) is 10.5 Å². The van der Waals surface area contributed by atoms with Crippen LogP contribution >= 0.6 is 11.3 Å². The second kappa shape index (κ2) is 7.18. The fourth-order valence-electron chi connectivity index (χ4n) is 4.40. The summed E-state index contributed by atoms with van der Waals surface area (Å²) in [5.74, 6) is 1.20. The predicted molar refractivity (Wildman–Crippen MR) is 112 cm³/mol. The van der Waals surface area contributed by atoms with E-state index in [9.17, 15) is 4.79 Å². The van der Waals surface area contributed by atoms with E-state index in [1.807, 2.05) is 30.3 Å². The highest BCUT2D eigenvalue weighted by atomic mass is 32.1. The van der Waals surface area contributed by atoms with Crippen molar-refractivity contribution < 1.29 is 14.5 Å². The number of ketones is 1. The molecule has 1 aliphatic heterocycles. The van der Waals surface area contributed by atoms with E-state index in [0.29, 0.717) is 16.1 Å². The van der Waals surface area contributed by atoms with Crippen molar-refractivity contribution in [2.75, 3.05) is 36.9 Å². The molecule has 6 heteroatoms. The van der Waals surface area contributed by atoms with Gasteiger partial charge in [-0.1, -0.05) is 41.7 Å². The zero-order valence-electron chi connectivity index (χ0n) is 15.8. The van der Waals surface area contributed by atoms with Crippen LogP contribution in [0.4, 0.5) is 11.5 Å². The van der Waals surface area contributed by atoms with Crippen LogP contribution < -0.4 is 15.6 Å². The van der Waals surface area contributed by atoms with E-state index in [-0.39, 0.29) is 5.78 Å². The quantitative estimate of drug-likeness (QED) is 0.693. The molecule has 3 N–H and O–H groups in total. The summed E-state index contributed by atoms with van der Waals surface area (Å²) in [6.45, 7) is 3.30. The number of carbonyl (C=O) groups is 1. The minimum atomic E-state index is 0.00480. The van der Waals surface area contributed by atoms with E-state index < -0.39 is 0 Å². The number of aryl methyl sites for hydroxylation is 1. The highest BCUT2D eigenvalue weighted by molar-refractivity contribution is 7.21. The van der Waals surface area contributed by atoms with Crippen LogP contribution in [0.3, 0.4) is 0 Å². The van der Waals surface area contributed by atoms with Gasteiger partial charge in [-0.05, 0) is 31.2 Å². The van der Waals surface area contributed by atoms with Crippen molar-refractivity contribution in [1.29, 1.82) is 0 Å². The molecular weight excluding hydrogens is 370 g/mol. The molecule has 144 valence electrons. The summed E-state index contributed by atoms with van der Waals surface area (Å²) < 4.78 is 5.54. The van der Waals surface area contributed by atoms with Crippen molar-refractivity contribution in [2.45, 2.75) is 25.7 Å². The number of hydrogen-bond acceptors (Lipinski definition) is 5. The monoisotopic (exact) mass is 394 g/mol. The SMILES string of the molecule is Nc1c(C(=O)c2ccccc2)sc2[nH+]c(N3CCOCC3)c3c(c12)CCCC3. The topological polar surface area (TPSA) is 69.7 Å². The number of hydrogen-bond donors (Lipinski definition) is 1. The largest absolute Gasteiger partial charge is 0.397 e. The van der Waals surface area contributed by atoms with Gasteiger partial charge in [0.15, 0.2) is 4.83 Å². The minimum absolute atomic E-state index is 0.00480. The second-order valence-electron chi connectivity index (χ2n) is 7.48. The summed E-state index contributed by atoms with van der Waals surface area (Å²) in [6, 6.07) is 9.40. The zero-order chi connectivity index (χ0) is 19.1. The van der Waals surface area contributed by atoms with Crippen LogP contribution in [0.5, 0.6) is 0 Å². The van der Waals surface area contributed by atoms with Gasteiger partial charge in [-0.3, -0.25) is 9.69 Å². The van der Waals surface area contributed by atoms with Crippen LogP contribution in [0, 0.1) is 0 Å². The maximum Gasteiger partial charge on any atom is 0.279 e. The average molecular weight is 395 g/mol. The first kappa shape index (κ1) is 17.6. The summed E-state index contributed by atoms with van der Waals surface area (Å²) in [4.78, 5) is 20.8. The summed E-state index contributed by atoms with van der Waals surface area (Å²) in [6.07, 6.45) is 4.46. The number of thiophene rings is 1. The summed E-state index contributed by atoms with van der Waals surface area (Å²) in [7, 11) is 0. The first-order valence-electron chi connectivity index (χ1n) is 9.95. The standard InChI is InChI=1S/C22H23N3O2S/c23-18-17-15-8-4-5-9-16(15)21(25-10-12-27-13-11-25)24-22(17)28-20(18)19(26)14-6-2-1-3-7-14/h1-3,6-7H,4-5,8-13,23H2/p+1. The van der Waals surface area contributed by atoms with Gasteiger partial charge in [-0.15, -0.1) is 0 Å². The molecule has 1 aliphatic carbocycles. The van der Waals surface area contributed by atoms with Gasteiger partial charge in [0, 0.05) is 11.1 Å². The lowest BCUT2D eigenvalue weighted by Crippen LogP contribution is -2.40. The number of nitrogen functional groups attached to an aromatic ring is 1. The molecule has 0 radical (unpaired) electrons. The molecule has 1 fully saturated rings. The van der Waals surface area contributed by atoms with Crippen molar-refractivity contribution in [3.63, 3.8) is 0 Å². The van der Waals surface area contributed by atoms with E-state index >= 15 is 0 Å². The summed E-state index contributed by atoms with van der Waals surface area (Å²) in [5.41, 5.74) is 10.6.